The average molecular weight is 372 g/mol. The number of hydrazone groups is 1. The number of carboxylic acids is 1. The zero-order valence-electron chi connectivity index (χ0n) is 15.0. The van der Waals surface area contributed by atoms with E-state index >= 15 is 0 Å². The number of furan rings is 1. The van der Waals surface area contributed by atoms with Gasteiger partial charge in [-0.25, -0.2) is 4.79 Å². The van der Waals surface area contributed by atoms with E-state index in [0.717, 1.165) is 5.56 Å². The predicted octanol–water partition coefficient (Wildman–Crippen LogP) is 4.45. The van der Waals surface area contributed by atoms with Gasteiger partial charge >= 0.3 is 5.97 Å². The van der Waals surface area contributed by atoms with E-state index in [-0.39, 0.29) is 11.5 Å². The van der Waals surface area contributed by atoms with Crippen molar-refractivity contribution in [2.24, 2.45) is 5.10 Å². The van der Waals surface area contributed by atoms with Crippen LogP contribution in [0.5, 0.6) is 0 Å². The molecule has 0 radical (unpaired) electrons. The van der Waals surface area contributed by atoms with Crippen molar-refractivity contribution in [3.63, 3.8) is 0 Å². The molecular formula is C22H16N2O4. The monoisotopic (exact) mass is 372 g/mol. The molecule has 0 spiro atoms. The zero-order valence-corrected chi connectivity index (χ0v) is 15.0. The Kier molecular flexibility index (Phi) is 4.37. The van der Waals surface area contributed by atoms with E-state index < -0.39 is 5.97 Å². The summed E-state index contributed by atoms with van der Waals surface area (Å²) in [5.74, 6) is -0.0878. The third-order valence-corrected chi connectivity index (χ3v) is 4.39. The number of carboxylic acid groups (broad SMARTS) is 1. The first kappa shape index (κ1) is 17.5. The molecule has 4 rings (SSSR count). The largest absolute Gasteiger partial charge is 0.478 e. The predicted molar refractivity (Wildman–Crippen MR) is 106 cm³/mol. The van der Waals surface area contributed by atoms with E-state index in [1.54, 1.807) is 37.3 Å². The lowest BCUT2D eigenvalue weighted by atomic mass is 10.1. The van der Waals surface area contributed by atoms with Crippen molar-refractivity contribution >= 4 is 29.4 Å². The van der Waals surface area contributed by atoms with Crippen LogP contribution in [0.1, 0.15) is 23.0 Å². The maximum absolute atomic E-state index is 12.7. The molecule has 3 aromatic rings. The summed E-state index contributed by atoms with van der Waals surface area (Å²) in [6.45, 7) is 1.78. The van der Waals surface area contributed by atoms with Crippen molar-refractivity contribution in [2.75, 3.05) is 5.01 Å². The molecule has 6 nitrogen and oxygen atoms in total. The molecule has 1 amide bonds. The lowest BCUT2D eigenvalue weighted by Gasteiger charge is -2.10. The van der Waals surface area contributed by atoms with Crippen LogP contribution in [0.2, 0.25) is 0 Å². The number of carbonyl (C=O) groups excluding carboxylic acids is 1. The molecule has 2 aromatic carbocycles. The second kappa shape index (κ2) is 7.00. The van der Waals surface area contributed by atoms with Gasteiger partial charge in [0.25, 0.3) is 5.91 Å². The van der Waals surface area contributed by atoms with Crippen LogP contribution < -0.4 is 5.01 Å². The second-order valence-electron chi connectivity index (χ2n) is 6.28. The Balaban J connectivity index is 1.59. The number of anilines is 1. The fourth-order valence-corrected chi connectivity index (χ4v) is 2.93. The standard InChI is InChI=1S/C22H16N2O4/c1-14-19(21(25)24(23-14)17-5-3-2-4-6-17)13-18-11-12-20(28-18)15-7-9-16(10-8-15)22(26)27/h2-13H,1H3,(H,26,27)/b19-13+. The molecular weight excluding hydrogens is 356 g/mol. The fraction of sp³-hybridized carbons (Fsp3) is 0.0455. The molecule has 0 unspecified atom stereocenters. The molecule has 138 valence electrons. The highest BCUT2D eigenvalue weighted by atomic mass is 16.4. The first-order valence-corrected chi connectivity index (χ1v) is 8.63. The van der Waals surface area contributed by atoms with Gasteiger partial charge in [-0.05, 0) is 49.4 Å². The highest BCUT2D eigenvalue weighted by molar-refractivity contribution is 6.32. The summed E-state index contributed by atoms with van der Waals surface area (Å²) in [6.07, 6.45) is 1.67. The van der Waals surface area contributed by atoms with Crippen LogP contribution >= 0.6 is 0 Å². The fourth-order valence-electron chi connectivity index (χ4n) is 2.93. The van der Waals surface area contributed by atoms with Crippen LogP contribution in [0.4, 0.5) is 5.69 Å². The molecule has 0 aliphatic carbocycles. The third-order valence-electron chi connectivity index (χ3n) is 4.39. The molecule has 1 aliphatic rings. The van der Waals surface area contributed by atoms with Gasteiger partial charge in [0.1, 0.15) is 11.5 Å². The van der Waals surface area contributed by atoms with E-state index in [9.17, 15) is 9.59 Å². The molecule has 6 heteroatoms. The molecule has 1 aromatic heterocycles. The van der Waals surface area contributed by atoms with Gasteiger partial charge < -0.3 is 9.52 Å². The van der Waals surface area contributed by atoms with Crippen molar-refractivity contribution in [1.29, 1.82) is 0 Å². The van der Waals surface area contributed by atoms with Crippen LogP contribution in [0.3, 0.4) is 0 Å². The summed E-state index contributed by atoms with van der Waals surface area (Å²) in [5.41, 5.74) is 2.74. The number of nitrogens with zero attached hydrogens (tertiary/aromatic N) is 2. The average Bonchev–Trinajstić information content (AvgIpc) is 3.29. The minimum atomic E-state index is -0.978. The Bertz CT molecular complexity index is 1110. The van der Waals surface area contributed by atoms with Crippen LogP contribution in [-0.4, -0.2) is 22.7 Å². The van der Waals surface area contributed by atoms with Crippen molar-refractivity contribution in [2.45, 2.75) is 6.92 Å². The summed E-state index contributed by atoms with van der Waals surface area (Å²) >= 11 is 0. The Labute approximate surface area is 161 Å². The number of amides is 1. The zero-order chi connectivity index (χ0) is 19.7. The molecule has 0 saturated heterocycles. The molecule has 0 saturated carbocycles. The summed E-state index contributed by atoms with van der Waals surface area (Å²) < 4.78 is 5.82. The molecule has 1 aliphatic heterocycles. The minimum absolute atomic E-state index is 0.210. The first-order chi connectivity index (χ1) is 13.5. The molecule has 0 atom stereocenters. The molecule has 28 heavy (non-hydrogen) atoms. The number of rotatable bonds is 4. The maximum Gasteiger partial charge on any atom is 0.335 e. The normalized spacial score (nSPS) is 15.2. The third kappa shape index (κ3) is 3.23. The van der Waals surface area contributed by atoms with Crippen LogP contribution in [-0.2, 0) is 4.79 Å². The van der Waals surface area contributed by atoms with Crippen molar-refractivity contribution in [3.05, 3.63) is 83.6 Å². The highest BCUT2D eigenvalue weighted by Crippen LogP contribution is 2.27. The number of hydrogen-bond donors (Lipinski definition) is 1. The van der Waals surface area contributed by atoms with Gasteiger partial charge in [0, 0.05) is 5.56 Å². The van der Waals surface area contributed by atoms with Crippen molar-refractivity contribution < 1.29 is 19.1 Å². The van der Waals surface area contributed by atoms with E-state index in [2.05, 4.69) is 5.10 Å². The minimum Gasteiger partial charge on any atom is -0.478 e. The molecule has 1 N–H and O–H groups in total. The Hall–Kier alpha value is -3.93. The lowest BCUT2D eigenvalue weighted by Crippen LogP contribution is -2.21. The summed E-state index contributed by atoms with van der Waals surface area (Å²) in [4.78, 5) is 23.7. The van der Waals surface area contributed by atoms with E-state index in [4.69, 9.17) is 9.52 Å². The highest BCUT2D eigenvalue weighted by Gasteiger charge is 2.28. The Morgan fingerprint density at radius 3 is 2.43 bits per heavy atom. The van der Waals surface area contributed by atoms with Gasteiger partial charge in [-0.1, -0.05) is 30.3 Å². The number of benzene rings is 2. The van der Waals surface area contributed by atoms with Gasteiger partial charge in [0.15, 0.2) is 0 Å². The summed E-state index contributed by atoms with van der Waals surface area (Å²) in [5, 5.41) is 14.7. The van der Waals surface area contributed by atoms with Gasteiger partial charge in [-0.15, -0.1) is 0 Å². The van der Waals surface area contributed by atoms with E-state index in [1.165, 1.54) is 17.1 Å². The molecule has 2 heterocycles. The second-order valence-corrected chi connectivity index (χ2v) is 6.28. The Morgan fingerprint density at radius 2 is 1.75 bits per heavy atom. The summed E-state index contributed by atoms with van der Waals surface area (Å²) in [6, 6.07) is 19.2. The SMILES string of the molecule is CC1=NN(c2ccccc2)C(=O)/C1=C/c1ccc(-c2ccc(C(=O)O)cc2)o1. The van der Waals surface area contributed by atoms with Gasteiger partial charge in [-0.2, -0.15) is 10.1 Å². The lowest BCUT2D eigenvalue weighted by molar-refractivity contribution is -0.114. The van der Waals surface area contributed by atoms with Crippen LogP contribution in [0, 0.1) is 0 Å². The van der Waals surface area contributed by atoms with Gasteiger partial charge in [0.05, 0.1) is 22.5 Å². The van der Waals surface area contributed by atoms with Crippen LogP contribution in [0.25, 0.3) is 17.4 Å². The van der Waals surface area contributed by atoms with Gasteiger partial charge in [0.2, 0.25) is 0 Å². The molecule has 0 bridgehead atoms. The maximum atomic E-state index is 12.7. The van der Waals surface area contributed by atoms with E-state index in [1.807, 2.05) is 30.3 Å². The topological polar surface area (TPSA) is 83.1 Å². The quantitative estimate of drug-likeness (QED) is 0.686. The number of para-hydroxylation sites is 1. The van der Waals surface area contributed by atoms with Crippen LogP contribution in [0.15, 0.2) is 81.8 Å². The number of carbonyl (C=O) groups is 2. The summed E-state index contributed by atoms with van der Waals surface area (Å²) in [7, 11) is 0. The molecule has 0 fully saturated rings. The number of hydrogen-bond acceptors (Lipinski definition) is 4. The van der Waals surface area contributed by atoms with Gasteiger partial charge in [-0.3, -0.25) is 4.79 Å². The number of aromatic carboxylic acids is 1. The first-order valence-electron chi connectivity index (χ1n) is 8.63. The smallest absolute Gasteiger partial charge is 0.335 e. The Morgan fingerprint density at radius 1 is 1.04 bits per heavy atom. The van der Waals surface area contributed by atoms with Crippen molar-refractivity contribution in [1.82, 2.24) is 0 Å². The van der Waals surface area contributed by atoms with E-state index in [0.29, 0.717) is 28.5 Å². The van der Waals surface area contributed by atoms with Crippen molar-refractivity contribution in [3.8, 4) is 11.3 Å².